The van der Waals surface area contributed by atoms with E-state index in [-0.39, 0.29) is 23.5 Å². The molecule has 7 nitrogen and oxygen atoms in total. The number of piperidine rings is 1. The third-order valence-electron chi connectivity index (χ3n) is 7.33. The van der Waals surface area contributed by atoms with E-state index in [9.17, 15) is 9.59 Å². The summed E-state index contributed by atoms with van der Waals surface area (Å²) in [5.74, 6) is 1.21. The number of anilines is 2. The Labute approximate surface area is 196 Å². The molecule has 2 atom stereocenters. The summed E-state index contributed by atoms with van der Waals surface area (Å²) in [5, 5.41) is 3.25. The first-order chi connectivity index (χ1) is 15.9. The van der Waals surface area contributed by atoms with Crippen molar-refractivity contribution >= 4 is 23.3 Å². The van der Waals surface area contributed by atoms with Crippen LogP contribution in [-0.2, 0) is 11.2 Å². The number of hydrogen-bond acceptors (Lipinski definition) is 6. The number of ketones is 1. The first kappa shape index (κ1) is 23.4. The van der Waals surface area contributed by atoms with Crippen molar-refractivity contribution in [3.63, 3.8) is 0 Å². The number of nitrogens with one attached hydrogen (secondary N) is 1. The smallest absolute Gasteiger partial charge is 0.227 e. The maximum Gasteiger partial charge on any atom is 0.227 e. The van der Waals surface area contributed by atoms with Crippen LogP contribution >= 0.6 is 0 Å². The molecule has 2 heterocycles. The average molecular weight is 450 g/mol. The van der Waals surface area contributed by atoms with Gasteiger partial charge in [-0.15, -0.1) is 0 Å². The van der Waals surface area contributed by atoms with Gasteiger partial charge in [-0.25, -0.2) is 9.97 Å². The normalized spacial score (nSPS) is 21.8. The monoisotopic (exact) mass is 449 g/mol. The molecule has 3 N–H and O–H groups in total. The van der Waals surface area contributed by atoms with E-state index in [1.165, 1.54) is 0 Å². The summed E-state index contributed by atoms with van der Waals surface area (Å²) in [6.07, 6.45) is 8.28. The SMILES string of the molecule is Cc1cnc(Nc2ccc(C(=O)CC3CCN(C)CC3)cc2)nc1C[C@@H]1CCC[C@@H]1C(N)=O. The molecule has 2 aromatic rings. The van der Waals surface area contributed by atoms with Gasteiger partial charge >= 0.3 is 0 Å². The fourth-order valence-electron chi connectivity index (χ4n) is 5.16. The molecule has 2 aliphatic rings. The van der Waals surface area contributed by atoms with Crippen molar-refractivity contribution in [3.05, 3.63) is 47.3 Å². The highest BCUT2D eigenvalue weighted by Crippen LogP contribution is 2.34. The number of nitrogens with zero attached hydrogens (tertiary/aromatic N) is 3. The number of nitrogens with two attached hydrogens (primary N) is 1. The molecule has 1 aliphatic heterocycles. The second-order valence-corrected chi connectivity index (χ2v) is 9.80. The molecule has 33 heavy (non-hydrogen) atoms. The lowest BCUT2D eigenvalue weighted by Crippen LogP contribution is -2.31. The fraction of sp³-hybridized carbons (Fsp3) is 0.538. The van der Waals surface area contributed by atoms with Crippen molar-refractivity contribution in [2.24, 2.45) is 23.5 Å². The first-order valence-electron chi connectivity index (χ1n) is 12.1. The number of aryl methyl sites for hydroxylation is 1. The van der Waals surface area contributed by atoms with E-state index in [1.807, 2.05) is 37.4 Å². The fourth-order valence-corrected chi connectivity index (χ4v) is 5.16. The standard InChI is InChI=1S/C26H35N5O2/c1-17-16-28-26(30-23(17)15-20-4-3-5-22(20)25(27)33)29-21-8-6-19(7-9-21)24(32)14-18-10-12-31(2)13-11-18/h6-9,16,18,20,22H,3-5,10-15H2,1-2H3,(H2,27,33)(H,28,29,30)/t20-,22-/m0/s1. The second-order valence-electron chi connectivity index (χ2n) is 9.80. The van der Waals surface area contributed by atoms with E-state index >= 15 is 0 Å². The lowest BCUT2D eigenvalue weighted by atomic mass is 9.90. The van der Waals surface area contributed by atoms with Gasteiger partial charge in [0.05, 0.1) is 0 Å². The van der Waals surface area contributed by atoms with Crippen molar-refractivity contribution in [2.45, 2.75) is 51.9 Å². The predicted octanol–water partition coefficient (Wildman–Crippen LogP) is 3.89. The molecule has 0 radical (unpaired) electrons. The van der Waals surface area contributed by atoms with E-state index in [0.717, 1.165) is 74.1 Å². The van der Waals surface area contributed by atoms with Gasteiger partial charge in [-0.1, -0.05) is 6.42 Å². The van der Waals surface area contributed by atoms with Gasteiger partial charge in [0.25, 0.3) is 0 Å². The number of carbonyl (C=O) groups excluding carboxylic acids is 2. The van der Waals surface area contributed by atoms with Crippen molar-refractivity contribution < 1.29 is 9.59 Å². The molecular formula is C26H35N5O2. The van der Waals surface area contributed by atoms with Gasteiger partial charge in [0, 0.05) is 35.5 Å². The van der Waals surface area contributed by atoms with Gasteiger partial charge < -0.3 is 16.0 Å². The molecule has 1 saturated heterocycles. The Morgan fingerprint density at radius 1 is 1.12 bits per heavy atom. The van der Waals surface area contributed by atoms with E-state index < -0.39 is 0 Å². The van der Waals surface area contributed by atoms with Gasteiger partial charge in [-0.3, -0.25) is 9.59 Å². The highest BCUT2D eigenvalue weighted by Gasteiger charge is 2.32. The summed E-state index contributed by atoms with van der Waals surface area (Å²) < 4.78 is 0. The van der Waals surface area contributed by atoms with E-state index in [1.54, 1.807) is 0 Å². The molecule has 2 fully saturated rings. The maximum atomic E-state index is 12.7. The Morgan fingerprint density at radius 2 is 1.85 bits per heavy atom. The second kappa shape index (κ2) is 10.4. The number of Topliss-reactive ketones (excluding diaryl/α,β-unsaturated/α-hetero) is 1. The number of aromatic nitrogens is 2. The largest absolute Gasteiger partial charge is 0.369 e. The van der Waals surface area contributed by atoms with Crippen LogP contribution in [0.3, 0.4) is 0 Å². The minimum Gasteiger partial charge on any atom is -0.369 e. The number of likely N-dealkylation sites (tertiary alicyclic amines) is 1. The van der Waals surface area contributed by atoms with Crippen molar-refractivity contribution in [1.82, 2.24) is 14.9 Å². The van der Waals surface area contributed by atoms with Gasteiger partial charge in [-0.2, -0.15) is 0 Å². The quantitative estimate of drug-likeness (QED) is 0.593. The first-order valence-corrected chi connectivity index (χ1v) is 12.1. The number of amides is 1. The van der Waals surface area contributed by atoms with Gasteiger partial charge in [0.2, 0.25) is 11.9 Å². The summed E-state index contributed by atoms with van der Waals surface area (Å²) in [5.41, 5.74) is 9.16. The molecule has 7 heteroatoms. The number of rotatable bonds is 8. The van der Waals surface area contributed by atoms with Crippen LogP contribution in [-0.4, -0.2) is 46.7 Å². The van der Waals surface area contributed by atoms with Gasteiger partial charge in [-0.05, 0) is 101 Å². The number of hydrogen-bond donors (Lipinski definition) is 2. The lowest BCUT2D eigenvalue weighted by molar-refractivity contribution is -0.122. The van der Waals surface area contributed by atoms with Crippen LogP contribution in [0.15, 0.2) is 30.5 Å². The molecular weight excluding hydrogens is 414 g/mol. The molecule has 1 aliphatic carbocycles. The Hall–Kier alpha value is -2.80. The lowest BCUT2D eigenvalue weighted by Gasteiger charge is -2.28. The average Bonchev–Trinajstić information content (AvgIpc) is 3.27. The minimum absolute atomic E-state index is 0.0598. The minimum atomic E-state index is -0.201. The van der Waals surface area contributed by atoms with Crippen LogP contribution in [0.1, 0.15) is 60.1 Å². The topological polar surface area (TPSA) is 101 Å². The molecule has 0 spiro atoms. The molecule has 1 aromatic heterocycles. The summed E-state index contributed by atoms with van der Waals surface area (Å²) in [7, 11) is 2.14. The Bertz CT molecular complexity index is 983. The molecule has 0 unspecified atom stereocenters. The van der Waals surface area contributed by atoms with Crippen LogP contribution in [0.2, 0.25) is 0 Å². The summed E-state index contributed by atoms with van der Waals surface area (Å²) >= 11 is 0. The third-order valence-corrected chi connectivity index (χ3v) is 7.33. The van der Waals surface area contributed by atoms with Gasteiger partial charge in [0.15, 0.2) is 5.78 Å². The molecule has 1 amide bonds. The van der Waals surface area contributed by atoms with Crippen LogP contribution in [0.25, 0.3) is 0 Å². The number of benzene rings is 1. The maximum absolute atomic E-state index is 12.7. The van der Waals surface area contributed by atoms with Gasteiger partial charge in [0.1, 0.15) is 0 Å². The van der Waals surface area contributed by atoms with Crippen molar-refractivity contribution in [1.29, 1.82) is 0 Å². The van der Waals surface area contributed by atoms with Crippen LogP contribution in [0.5, 0.6) is 0 Å². The molecule has 1 saturated carbocycles. The highest BCUT2D eigenvalue weighted by molar-refractivity contribution is 5.96. The number of primary amides is 1. The molecule has 0 bridgehead atoms. The molecule has 176 valence electrons. The van der Waals surface area contributed by atoms with Crippen LogP contribution < -0.4 is 11.1 Å². The molecule has 4 rings (SSSR count). The zero-order valence-electron chi connectivity index (χ0n) is 19.7. The van der Waals surface area contributed by atoms with E-state index in [0.29, 0.717) is 18.3 Å². The Morgan fingerprint density at radius 3 is 2.55 bits per heavy atom. The van der Waals surface area contributed by atoms with Crippen LogP contribution in [0, 0.1) is 24.7 Å². The van der Waals surface area contributed by atoms with Crippen molar-refractivity contribution in [2.75, 3.05) is 25.5 Å². The van der Waals surface area contributed by atoms with E-state index in [2.05, 4.69) is 22.2 Å². The zero-order chi connectivity index (χ0) is 23.4. The van der Waals surface area contributed by atoms with Crippen LogP contribution in [0.4, 0.5) is 11.6 Å². The third kappa shape index (κ3) is 5.96. The summed E-state index contributed by atoms with van der Waals surface area (Å²) in [6, 6.07) is 7.57. The predicted molar refractivity (Wildman–Crippen MR) is 129 cm³/mol. The Kier molecular flexibility index (Phi) is 7.38. The number of carbonyl (C=O) groups is 2. The highest BCUT2D eigenvalue weighted by atomic mass is 16.1. The van der Waals surface area contributed by atoms with Crippen molar-refractivity contribution in [3.8, 4) is 0 Å². The molecule has 1 aromatic carbocycles. The summed E-state index contributed by atoms with van der Waals surface area (Å²) in [6.45, 7) is 4.14. The summed E-state index contributed by atoms with van der Waals surface area (Å²) in [4.78, 5) is 35.9. The Balaban J connectivity index is 1.37. The van der Waals surface area contributed by atoms with E-state index in [4.69, 9.17) is 10.7 Å². The zero-order valence-corrected chi connectivity index (χ0v) is 19.7.